The molecule has 5 nitrogen and oxygen atoms in total. The lowest BCUT2D eigenvalue weighted by Gasteiger charge is -2.38. The predicted octanol–water partition coefficient (Wildman–Crippen LogP) is 5.34. The SMILES string of the molecule is COc1ccc2ncc(F)c(CCCC3(C(=O)O)CCN(CC#Cc4cc(F)c(F)c(F)c4)CC3)c2c1. The van der Waals surface area contributed by atoms with Gasteiger partial charge in [0.25, 0.3) is 0 Å². The van der Waals surface area contributed by atoms with Crippen LogP contribution in [-0.2, 0) is 11.2 Å². The molecule has 1 fully saturated rings. The first-order valence-corrected chi connectivity index (χ1v) is 11.9. The van der Waals surface area contributed by atoms with Crippen LogP contribution in [0.25, 0.3) is 10.9 Å². The summed E-state index contributed by atoms with van der Waals surface area (Å²) >= 11 is 0. The molecule has 1 saturated heterocycles. The Balaban J connectivity index is 1.37. The molecular formula is C28H26F4N2O3. The molecule has 0 radical (unpaired) electrons. The van der Waals surface area contributed by atoms with E-state index in [1.165, 1.54) is 13.3 Å². The molecule has 2 heterocycles. The summed E-state index contributed by atoms with van der Waals surface area (Å²) in [7, 11) is 1.53. The van der Waals surface area contributed by atoms with Crippen molar-refractivity contribution >= 4 is 16.9 Å². The molecule has 3 aromatic rings. The fourth-order valence-electron chi connectivity index (χ4n) is 4.78. The predicted molar refractivity (Wildman–Crippen MR) is 130 cm³/mol. The Morgan fingerprint density at radius 2 is 1.81 bits per heavy atom. The standard InChI is InChI=1S/C28H26F4N2O3/c1-37-19-6-7-25-21(16-19)20(24(31)17-33-25)5-2-8-28(27(35)36)9-12-34(13-10-28)11-3-4-18-14-22(29)26(32)23(30)15-18/h6-7,14-17H,2,5,8-13H2,1H3,(H,35,36). The molecule has 0 saturated carbocycles. The van der Waals surface area contributed by atoms with Crippen molar-refractivity contribution in [3.05, 3.63) is 70.9 Å². The number of carboxylic acid groups (broad SMARTS) is 1. The number of halogens is 4. The highest BCUT2D eigenvalue weighted by molar-refractivity contribution is 5.83. The number of aliphatic carboxylic acids is 1. The van der Waals surface area contributed by atoms with Gasteiger partial charge in [0.15, 0.2) is 17.5 Å². The number of ether oxygens (including phenoxy) is 1. The quantitative estimate of drug-likeness (QED) is 0.262. The maximum atomic E-state index is 14.6. The van der Waals surface area contributed by atoms with Crippen LogP contribution in [0.5, 0.6) is 5.75 Å². The third-order valence-corrected chi connectivity index (χ3v) is 7.00. The van der Waals surface area contributed by atoms with Crippen LogP contribution < -0.4 is 4.74 Å². The minimum Gasteiger partial charge on any atom is -0.497 e. The van der Waals surface area contributed by atoms with Crippen molar-refractivity contribution < 1.29 is 32.2 Å². The maximum Gasteiger partial charge on any atom is 0.309 e. The summed E-state index contributed by atoms with van der Waals surface area (Å²) in [6, 6.07) is 6.92. The number of aromatic nitrogens is 1. The summed E-state index contributed by atoms with van der Waals surface area (Å²) in [6.07, 6.45) is 3.23. The minimum absolute atomic E-state index is 0.0294. The maximum absolute atomic E-state index is 14.6. The lowest BCUT2D eigenvalue weighted by molar-refractivity contribution is -0.152. The Bertz CT molecular complexity index is 1350. The molecule has 2 aromatic carbocycles. The molecule has 1 aromatic heterocycles. The van der Waals surface area contributed by atoms with Gasteiger partial charge in [0.1, 0.15) is 11.6 Å². The van der Waals surface area contributed by atoms with Gasteiger partial charge in [0.2, 0.25) is 0 Å². The second-order valence-corrected chi connectivity index (χ2v) is 9.24. The number of piperidine rings is 1. The van der Waals surface area contributed by atoms with E-state index < -0.39 is 34.7 Å². The highest BCUT2D eigenvalue weighted by Crippen LogP contribution is 2.37. The van der Waals surface area contributed by atoms with Crippen molar-refractivity contribution in [2.45, 2.75) is 32.1 Å². The van der Waals surface area contributed by atoms with E-state index in [0.717, 1.165) is 12.1 Å². The average Bonchev–Trinajstić information content (AvgIpc) is 2.89. The number of methoxy groups -OCH3 is 1. The molecule has 1 aliphatic rings. The number of aryl methyl sites for hydroxylation is 1. The van der Waals surface area contributed by atoms with Crippen molar-refractivity contribution in [2.75, 3.05) is 26.7 Å². The van der Waals surface area contributed by atoms with E-state index in [4.69, 9.17) is 4.74 Å². The Kier molecular flexibility index (Phi) is 7.98. The summed E-state index contributed by atoms with van der Waals surface area (Å²) in [5, 5.41) is 10.7. The lowest BCUT2D eigenvalue weighted by atomic mass is 9.74. The van der Waals surface area contributed by atoms with Gasteiger partial charge in [0, 0.05) is 24.0 Å². The van der Waals surface area contributed by atoms with Crippen LogP contribution in [0.4, 0.5) is 17.6 Å². The Hall–Kier alpha value is -3.64. The van der Waals surface area contributed by atoms with E-state index in [0.29, 0.717) is 67.4 Å². The zero-order chi connectivity index (χ0) is 26.6. The zero-order valence-corrected chi connectivity index (χ0v) is 20.3. The van der Waals surface area contributed by atoms with Gasteiger partial charge in [-0.1, -0.05) is 11.8 Å². The number of fused-ring (bicyclic) bond motifs is 1. The van der Waals surface area contributed by atoms with E-state index in [9.17, 15) is 27.5 Å². The van der Waals surface area contributed by atoms with Gasteiger partial charge in [-0.05, 0) is 68.0 Å². The second kappa shape index (κ2) is 11.2. The largest absolute Gasteiger partial charge is 0.497 e. The summed E-state index contributed by atoms with van der Waals surface area (Å²) in [5.74, 6) is 0.583. The molecule has 0 bridgehead atoms. The molecule has 1 N–H and O–H groups in total. The Morgan fingerprint density at radius 3 is 2.46 bits per heavy atom. The Labute approximate surface area is 212 Å². The number of benzene rings is 2. The average molecular weight is 515 g/mol. The van der Waals surface area contributed by atoms with Gasteiger partial charge in [-0.3, -0.25) is 14.7 Å². The van der Waals surface area contributed by atoms with E-state index >= 15 is 0 Å². The van der Waals surface area contributed by atoms with E-state index in [1.807, 2.05) is 4.90 Å². The number of carboxylic acids is 1. The minimum atomic E-state index is -1.54. The topological polar surface area (TPSA) is 62.7 Å². The fraction of sp³-hybridized carbons (Fsp3) is 0.357. The van der Waals surface area contributed by atoms with Crippen LogP contribution in [0.2, 0.25) is 0 Å². The van der Waals surface area contributed by atoms with Crippen molar-refractivity contribution in [2.24, 2.45) is 5.41 Å². The smallest absolute Gasteiger partial charge is 0.309 e. The first kappa shape index (κ1) is 26.4. The summed E-state index contributed by atoms with van der Waals surface area (Å²) in [5.41, 5.74) is 0.239. The van der Waals surface area contributed by atoms with Crippen molar-refractivity contribution in [1.82, 2.24) is 9.88 Å². The van der Waals surface area contributed by atoms with Crippen LogP contribution in [0.15, 0.2) is 36.5 Å². The molecule has 1 aliphatic heterocycles. The van der Waals surface area contributed by atoms with Gasteiger partial charge in [-0.15, -0.1) is 0 Å². The third-order valence-electron chi connectivity index (χ3n) is 7.00. The van der Waals surface area contributed by atoms with Gasteiger partial charge < -0.3 is 9.84 Å². The zero-order valence-electron chi connectivity index (χ0n) is 20.3. The van der Waals surface area contributed by atoms with E-state index in [-0.39, 0.29) is 12.1 Å². The second-order valence-electron chi connectivity index (χ2n) is 9.24. The van der Waals surface area contributed by atoms with Crippen molar-refractivity contribution in [3.8, 4) is 17.6 Å². The van der Waals surface area contributed by atoms with Crippen LogP contribution in [-0.4, -0.2) is 47.7 Å². The first-order chi connectivity index (χ1) is 17.7. The number of pyridine rings is 1. The number of hydrogen-bond donors (Lipinski definition) is 1. The summed E-state index contributed by atoms with van der Waals surface area (Å²) < 4.78 is 59.7. The number of rotatable bonds is 7. The highest BCUT2D eigenvalue weighted by atomic mass is 19.2. The van der Waals surface area contributed by atoms with Gasteiger partial charge in [-0.25, -0.2) is 17.6 Å². The third kappa shape index (κ3) is 5.86. The molecule has 4 rings (SSSR count). The normalized spacial score (nSPS) is 15.3. The van der Waals surface area contributed by atoms with Crippen LogP contribution in [0.1, 0.15) is 36.8 Å². The number of carbonyl (C=O) groups is 1. The van der Waals surface area contributed by atoms with Gasteiger partial charge >= 0.3 is 5.97 Å². The fourth-order valence-corrected chi connectivity index (χ4v) is 4.78. The molecule has 37 heavy (non-hydrogen) atoms. The van der Waals surface area contributed by atoms with Crippen LogP contribution >= 0.6 is 0 Å². The molecular weight excluding hydrogens is 488 g/mol. The molecule has 0 atom stereocenters. The molecule has 0 aliphatic carbocycles. The molecule has 0 spiro atoms. The van der Waals surface area contributed by atoms with E-state index in [1.54, 1.807) is 18.2 Å². The number of nitrogens with zero attached hydrogens (tertiary/aromatic N) is 2. The summed E-state index contributed by atoms with van der Waals surface area (Å²) in [6.45, 7) is 1.25. The monoisotopic (exact) mass is 514 g/mol. The lowest BCUT2D eigenvalue weighted by Crippen LogP contribution is -2.44. The molecule has 9 heteroatoms. The molecule has 0 amide bonds. The summed E-state index contributed by atoms with van der Waals surface area (Å²) in [4.78, 5) is 18.3. The van der Waals surface area contributed by atoms with E-state index in [2.05, 4.69) is 16.8 Å². The first-order valence-electron chi connectivity index (χ1n) is 11.9. The molecule has 194 valence electrons. The highest BCUT2D eigenvalue weighted by Gasteiger charge is 2.40. The van der Waals surface area contributed by atoms with Gasteiger partial charge in [0.05, 0.1) is 30.8 Å². The number of hydrogen-bond acceptors (Lipinski definition) is 4. The Morgan fingerprint density at radius 1 is 1.11 bits per heavy atom. The van der Waals surface area contributed by atoms with Gasteiger partial charge in [-0.2, -0.15) is 0 Å². The van der Waals surface area contributed by atoms with Crippen molar-refractivity contribution in [1.29, 1.82) is 0 Å². The van der Waals surface area contributed by atoms with Crippen LogP contribution in [0, 0.1) is 40.5 Å². The van der Waals surface area contributed by atoms with Crippen LogP contribution in [0.3, 0.4) is 0 Å². The number of likely N-dealkylation sites (tertiary alicyclic amines) is 1. The van der Waals surface area contributed by atoms with Crippen molar-refractivity contribution in [3.63, 3.8) is 0 Å². The molecule has 0 unspecified atom stereocenters.